The van der Waals surface area contributed by atoms with Crippen LogP contribution in [0.25, 0.3) is 0 Å². The number of terminal acetylenes is 1. The van der Waals surface area contributed by atoms with E-state index in [2.05, 4.69) is 33.5 Å². The van der Waals surface area contributed by atoms with Crippen LogP contribution < -0.4 is 0 Å². The second kappa shape index (κ2) is 2.83. The van der Waals surface area contributed by atoms with Gasteiger partial charge in [0.25, 0.3) is 0 Å². The van der Waals surface area contributed by atoms with Crippen molar-refractivity contribution in [3.05, 3.63) is 27.6 Å². The highest BCUT2D eigenvalue weighted by Crippen LogP contribution is 2.05. The molecule has 1 aromatic rings. The molecule has 44 valence electrons. The molecule has 0 fully saturated rings. The summed E-state index contributed by atoms with van der Waals surface area (Å²) in [4.78, 5) is 3.95. The van der Waals surface area contributed by atoms with E-state index in [9.17, 15) is 0 Å². The summed E-state index contributed by atoms with van der Waals surface area (Å²) in [5, 5.41) is 0. The maximum Gasteiger partial charge on any atom is 0.126 e. The van der Waals surface area contributed by atoms with Gasteiger partial charge in [0.05, 0.1) is 0 Å². The molecule has 0 unspecified atom stereocenters. The average molecular weight is 229 g/mol. The summed E-state index contributed by atoms with van der Waals surface area (Å²) in [7, 11) is 0. The molecule has 0 aliphatic rings. The molecular weight excluding hydrogens is 225 g/mol. The van der Waals surface area contributed by atoms with Crippen LogP contribution in [0.3, 0.4) is 0 Å². The Morgan fingerprint density at radius 1 is 1.67 bits per heavy atom. The largest absolute Gasteiger partial charge is 0.247 e. The number of nitrogens with zero attached hydrogens (tertiary/aromatic N) is 1. The van der Waals surface area contributed by atoms with E-state index in [-0.39, 0.29) is 0 Å². The minimum Gasteiger partial charge on any atom is -0.247 e. The van der Waals surface area contributed by atoms with Crippen molar-refractivity contribution in [2.45, 2.75) is 0 Å². The highest BCUT2D eigenvalue weighted by molar-refractivity contribution is 14.1. The molecule has 0 spiro atoms. The van der Waals surface area contributed by atoms with Crippen molar-refractivity contribution in [1.29, 1.82) is 0 Å². The zero-order valence-electron chi connectivity index (χ0n) is 4.63. The molecule has 0 atom stereocenters. The lowest BCUT2D eigenvalue weighted by Crippen LogP contribution is -1.83. The minimum absolute atomic E-state index is 0.720. The molecule has 1 heterocycles. The molecule has 0 radical (unpaired) electrons. The Morgan fingerprint density at radius 2 is 2.44 bits per heavy atom. The van der Waals surface area contributed by atoms with E-state index in [1.807, 2.05) is 12.1 Å². The van der Waals surface area contributed by atoms with Crippen molar-refractivity contribution in [2.75, 3.05) is 0 Å². The smallest absolute Gasteiger partial charge is 0.126 e. The van der Waals surface area contributed by atoms with Gasteiger partial charge < -0.3 is 0 Å². The molecule has 0 N–H and O–H groups in total. The van der Waals surface area contributed by atoms with Gasteiger partial charge in [0.15, 0.2) is 0 Å². The first-order valence-corrected chi connectivity index (χ1v) is 3.49. The molecule has 0 saturated carbocycles. The molecule has 0 amide bonds. The molecular formula is C7H4IN. The first-order valence-electron chi connectivity index (χ1n) is 2.41. The van der Waals surface area contributed by atoms with Gasteiger partial charge in [-0.1, -0.05) is 0 Å². The molecule has 1 rings (SSSR count). The van der Waals surface area contributed by atoms with Crippen LogP contribution >= 0.6 is 22.6 Å². The highest BCUT2D eigenvalue weighted by Gasteiger charge is 1.91. The van der Waals surface area contributed by atoms with Crippen LogP contribution in [0.4, 0.5) is 0 Å². The summed E-state index contributed by atoms with van der Waals surface area (Å²) in [6.45, 7) is 0. The van der Waals surface area contributed by atoms with Crippen molar-refractivity contribution < 1.29 is 0 Å². The summed E-state index contributed by atoms with van der Waals surface area (Å²) in [5.41, 5.74) is 0.720. The molecule has 1 aromatic heterocycles. The van der Waals surface area contributed by atoms with Crippen molar-refractivity contribution in [3.8, 4) is 12.3 Å². The van der Waals surface area contributed by atoms with Crippen LogP contribution in [-0.4, -0.2) is 4.98 Å². The highest BCUT2D eigenvalue weighted by atomic mass is 127. The van der Waals surface area contributed by atoms with Gasteiger partial charge in [-0.25, -0.2) is 4.98 Å². The van der Waals surface area contributed by atoms with E-state index in [1.165, 1.54) is 0 Å². The lowest BCUT2D eigenvalue weighted by Gasteiger charge is -1.89. The molecule has 2 heteroatoms. The van der Waals surface area contributed by atoms with Crippen LogP contribution in [0.5, 0.6) is 0 Å². The van der Waals surface area contributed by atoms with Gasteiger partial charge >= 0.3 is 0 Å². The third-order valence-electron chi connectivity index (χ3n) is 0.895. The monoisotopic (exact) mass is 229 g/mol. The second-order valence-electron chi connectivity index (χ2n) is 1.48. The summed E-state index contributed by atoms with van der Waals surface area (Å²) in [5.74, 6) is 2.48. The van der Waals surface area contributed by atoms with Crippen LogP contribution in [0.15, 0.2) is 18.3 Å². The molecule has 0 saturated heterocycles. The Labute approximate surface area is 67.6 Å². The van der Waals surface area contributed by atoms with E-state index in [0.717, 1.165) is 9.26 Å². The maximum atomic E-state index is 5.13. The molecule has 0 aliphatic carbocycles. The van der Waals surface area contributed by atoms with Gasteiger partial charge in [0.2, 0.25) is 0 Å². The fourth-order valence-electron chi connectivity index (χ4n) is 0.492. The maximum absolute atomic E-state index is 5.13. The van der Waals surface area contributed by atoms with Crippen molar-refractivity contribution in [2.24, 2.45) is 0 Å². The number of aromatic nitrogens is 1. The SMILES string of the molecule is C#Cc1ncccc1I. The van der Waals surface area contributed by atoms with Gasteiger partial charge in [-0.15, -0.1) is 6.42 Å². The molecule has 0 bridgehead atoms. The fraction of sp³-hybridized carbons (Fsp3) is 0. The van der Waals surface area contributed by atoms with Crippen LogP contribution in [0.2, 0.25) is 0 Å². The second-order valence-corrected chi connectivity index (χ2v) is 2.64. The van der Waals surface area contributed by atoms with Crippen molar-refractivity contribution in [3.63, 3.8) is 0 Å². The number of hydrogen-bond donors (Lipinski definition) is 0. The van der Waals surface area contributed by atoms with E-state index in [4.69, 9.17) is 6.42 Å². The van der Waals surface area contributed by atoms with E-state index in [1.54, 1.807) is 6.20 Å². The van der Waals surface area contributed by atoms with E-state index in [0.29, 0.717) is 0 Å². The number of halogens is 1. The minimum atomic E-state index is 0.720. The fourth-order valence-corrected chi connectivity index (χ4v) is 0.994. The number of hydrogen-bond acceptors (Lipinski definition) is 1. The summed E-state index contributed by atoms with van der Waals surface area (Å²) in [6.07, 6.45) is 6.83. The third kappa shape index (κ3) is 1.42. The Balaban J connectivity index is 3.20. The predicted molar refractivity (Wildman–Crippen MR) is 44.9 cm³/mol. The van der Waals surface area contributed by atoms with Gasteiger partial charge in [0.1, 0.15) is 5.69 Å². The standard InChI is InChI=1S/C7H4IN/c1-2-7-6(8)4-3-5-9-7/h1,3-5H. The lowest BCUT2D eigenvalue weighted by molar-refractivity contribution is 1.27. The quantitative estimate of drug-likeness (QED) is 0.487. The normalized spacial score (nSPS) is 8.44. The zero-order valence-corrected chi connectivity index (χ0v) is 6.79. The molecule has 0 aliphatic heterocycles. The summed E-state index contributed by atoms with van der Waals surface area (Å²) >= 11 is 2.16. The van der Waals surface area contributed by atoms with E-state index < -0.39 is 0 Å². The predicted octanol–water partition coefficient (Wildman–Crippen LogP) is 1.67. The molecule has 9 heavy (non-hydrogen) atoms. The summed E-state index contributed by atoms with van der Waals surface area (Å²) in [6, 6.07) is 3.80. The number of rotatable bonds is 0. The van der Waals surface area contributed by atoms with Crippen LogP contribution in [-0.2, 0) is 0 Å². The van der Waals surface area contributed by atoms with Gasteiger partial charge in [-0.3, -0.25) is 0 Å². The van der Waals surface area contributed by atoms with Gasteiger partial charge in [0, 0.05) is 9.77 Å². The Bertz CT molecular complexity index is 249. The van der Waals surface area contributed by atoms with Crippen molar-refractivity contribution >= 4 is 22.6 Å². The Hall–Kier alpha value is -0.560. The average Bonchev–Trinajstić information content (AvgIpc) is 1.89. The molecule has 1 nitrogen and oxygen atoms in total. The van der Waals surface area contributed by atoms with Gasteiger partial charge in [-0.2, -0.15) is 0 Å². The van der Waals surface area contributed by atoms with Crippen molar-refractivity contribution in [1.82, 2.24) is 4.98 Å². The number of pyridine rings is 1. The lowest BCUT2D eigenvalue weighted by atomic mass is 10.4. The first-order chi connectivity index (χ1) is 4.34. The molecule has 0 aromatic carbocycles. The van der Waals surface area contributed by atoms with Crippen LogP contribution in [0.1, 0.15) is 5.69 Å². The zero-order chi connectivity index (χ0) is 6.69. The first kappa shape index (κ1) is 6.56. The van der Waals surface area contributed by atoms with Gasteiger partial charge in [-0.05, 0) is 40.6 Å². The topological polar surface area (TPSA) is 12.9 Å². The summed E-state index contributed by atoms with van der Waals surface area (Å²) < 4.78 is 1.03. The third-order valence-corrected chi connectivity index (χ3v) is 1.77. The Morgan fingerprint density at radius 3 is 2.89 bits per heavy atom. The van der Waals surface area contributed by atoms with Crippen LogP contribution in [0, 0.1) is 15.9 Å². The van der Waals surface area contributed by atoms with E-state index >= 15 is 0 Å². The Kier molecular flexibility index (Phi) is 2.06.